The summed E-state index contributed by atoms with van der Waals surface area (Å²) < 4.78 is 14.6. The van der Waals surface area contributed by atoms with E-state index in [2.05, 4.69) is 15.9 Å². The number of rotatable bonds is 0. The maximum Gasteiger partial charge on any atom is 0.116 e. The van der Waals surface area contributed by atoms with Gasteiger partial charge in [-0.25, -0.2) is 4.39 Å². The summed E-state index contributed by atoms with van der Waals surface area (Å²) in [5.74, 6) is 0. The van der Waals surface area contributed by atoms with Crippen molar-refractivity contribution in [3.05, 3.63) is 33.8 Å². The molecule has 0 saturated heterocycles. The summed E-state index contributed by atoms with van der Waals surface area (Å²) in [5, 5.41) is 0. The Bertz CT molecular complexity index is 318. The molecule has 0 fully saturated rings. The number of benzene rings is 1. The Kier molecular flexibility index (Phi) is 1.76. The Morgan fingerprint density at radius 2 is 2.00 bits per heavy atom. The van der Waals surface area contributed by atoms with Crippen LogP contribution in [0, 0.1) is 0 Å². The first kappa shape index (κ1) is 8.24. The van der Waals surface area contributed by atoms with Crippen molar-refractivity contribution >= 4 is 15.9 Å². The predicted molar refractivity (Wildman–Crippen MR) is 51.1 cm³/mol. The van der Waals surface area contributed by atoms with Crippen LogP contribution >= 0.6 is 15.9 Å². The molecule has 0 heterocycles. The molecule has 0 amide bonds. The molecule has 0 bridgehead atoms. The lowest BCUT2D eigenvalue weighted by atomic mass is 10.1. The second kappa shape index (κ2) is 2.56. The van der Waals surface area contributed by atoms with Crippen molar-refractivity contribution in [3.8, 4) is 0 Å². The number of hydrogen-bond donors (Lipinski definition) is 0. The molecule has 1 aromatic rings. The Morgan fingerprint density at radius 1 is 1.33 bits per heavy atom. The fraction of sp³-hybridized carbons (Fsp3) is 0.400. The van der Waals surface area contributed by atoms with E-state index in [0.29, 0.717) is 12.8 Å². The molecular weight excluding hydrogens is 219 g/mol. The van der Waals surface area contributed by atoms with Crippen molar-refractivity contribution in [1.82, 2.24) is 0 Å². The van der Waals surface area contributed by atoms with E-state index in [1.807, 2.05) is 18.2 Å². The highest BCUT2D eigenvalue weighted by atomic mass is 79.9. The Morgan fingerprint density at radius 3 is 2.75 bits per heavy atom. The number of halogens is 2. The molecule has 12 heavy (non-hydrogen) atoms. The van der Waals surface area contributed by atoms with Gasteiger partial charge in [0.25, 0.3) is 0 Å². The summed E-state index contributed by atoms with van der Waals surface area (Å²) in [4.78, 5) is 0. The summed E-state index contributed by atoms with van der Waals surface area (Å²) in [7, 11) is 0. The van der Waals surface area contributed by atoms with Gasteiger partial charge < -0.3 is 0 Å². The van der Waals surface area contributed by atoms with Gasteiger partial charge in [-0.3, -0.25) is 0 Å². The first-order valence-electron chi connectivity index (χ1n) is 4.03. The minimum atomic E-state index is -1.02. The van der Waals surface area contributed by atoms with Crippen molar-refractivity contribution in [2.24, 2.45) is 0 Å². The highest BCUT2D eigenvalue weighted by Crippen LogP contribution is 2.33. The average molecular weight is 229 g/mol. The van der Waals surface area contributed by atoms with E-state index in [4.69, 9.17) is 0 Å². The third-order valence-corrected chi connectivity index (χ3v) is 2.78. The van der Waals surface area contributed by atoms with Gasteiger partial charge in [-0.1, -0.05) is 22.0 Å². The first-order chi connectivity index (χ1) is 5.57. The molecule has 0 aliphatic heterocycles. The molecule has 1 atom stereocenters. The maximum absolute atomic E-state index is 13.5. The highest BCUT2D eigenvalue weighted by Gasteiger charge is 2.32. The quantitative estimate of drug-likeness (QED) is 0.640. The lowest BCUT2D eigenvalue weighted by Crippen LogP contribution is -2.16. The number of fused-ring (bicyclic) bond motifs is 1. The van der Waals surface area contributed by atoms with Gasteiger partial charge in [-0.2, -0.15) is 0 Å². The van der Waals surface area contributed by atoms with Crippen LogP contribution < -0.4 is 0 Å². The Balaban J connectivity index is 2.43. The van der Waals surface area contributed by atoms with Crippen molar-refractivity contribution in [3.63, 3.8) is 0 Å². The second-order valence-electron chi connectivity index (χ2n) is 3.68. The maximum atomic E-state index is 13.5. The molecule has 1 aliphatic carbocycles. The van der Waals surface area contributed by atoms with E-state index in [9.17, 15) is 4.39 Å². The van der Waals surface area contributed by atoms with Gasteiger partial charge in [0, 0.05) is 17.3 Å². The molecular formula is C10H10BrF. The average Bonchev–Trinajstić information content (AvgIpc) is 2.21. The van der Waals surface area contributed by atoms with Gasteiger partial charge in [0.1, 0.15) is 5.67 Å². The molecule has 0 N–H and O–H groups in total. The van der Waals surface area contributed by atoms with Gasteiger partial charge >= 0.3 is 0 Å². The largest absolute Gasteiger partial charge is 0.243 e. The van der Waals surface area contributed by atoms with Gasteiger partial charge in [0.2, 0.25) is 0 Å². The number of hydrogen-bond acceptors (Lipinski definition) is 0. The lowest BCUT2D eigenvalue weighted by Gasteiger charge is -2.09. The van der Waals surface area contributed by atoms with Crippen LogP contribution in [0.3, 0.4) is 0 Å². The molecule has 2 rings (SSSR count). The minimum absolute atomic E-state index is 0.557. The Labute approximate surface area is 79.9 Å². The van der Waals surface area contributed by atoms with Crippen LogP contribution in [0.1, 0.15) is 18.1 Å². The van der Waals surface area contributed by atoms with E-state index in [1.54, 1.807) is 6.92 Å². The number of alkyl halides is 1. The van der Waals surface area contributed by atoms with Crippen LogP contribution in [0.4, 0.5) is 4.39 Å². The summed E-state index contributed by atoms with van der Waals surface area (Å²) in [6, 6.07) is 5.99. The summed E-state index contributed by atoms with van der Waals surface area (Å²) in [5.41, 5.74) is 1.28. The van der Waals surface area contributed by atoms with Crippen molar-refractivity contribution in [2.75, 3.05) is 0 Å². The minimum Gasteiger partial charge on any atom is -0.243 e. The van der Waals surface area contributed by atoms with Gasteiger partial charge in [0.15, 0.2) is 0 Å². The van der Waals surface area contributed by atoms with Crippen LogP contribution in [0.25, 0.3) is 0 Å². The van der Waals surface area contributed by atoms with E-state index in [-0.39, 0.29) is 0 Å². The van der Waals surface area contributed by atoms with E-state index >= 15 is 0 Å². The van der Waals surface area contributed by atoms with Gasteiger partial charge in [-0.15, -0.1) is 0 Å². The van der Waals surface area contributed by atoms with Crippen molar-refractivity contribution in [1.29, 1.82) is 0 Å². The molecule has 1 aromatic carbocycles. The molecule has 1 unspecified atom stereocenters. The standard InChI is InChI=1S/C10H10BrF/c1-10(12)5-7-2-3-9(11)4-8(7)6-10/h2-4H,5-6H2,1H3. The summed E-state index contributed by atoms with van der Waals surface area (Å²) in [6.07, 6.45) is 1.12. The first-order valence-corrected chi connectivity index (χ1v) is 4.82. The van der Waals surface area contributed by atoms with Crippen LogP contribution in [-0.4, -0.2) is 5.67 Å². The molecule has 1 aliphatic rings. The van der Waals surface area contributed by atoms with E-state index in [0.717, 1.165) is 15.6 Å². The summed E-state index contributed by atoms with van der Waals surface area (Å²) in [6.45, 7) is 1.67. The van der Waals surface area contributed by atoms with Crippen LogP contribution in [-0.2, 0) is 12.8 Å². The molecule has 0 radical (unpaired) electrons. The zero-order valence-electron chi connectivity index (χ0n) is 6.90. The topological polar surface area (TPSA) is 0 Å². The molecule has 0 aromatic heterocycles. The predicted octanol–water partition coefficient (Wildman–Crippen LogP) is 3.28. The summed E-state index contributed by atoms with van der Waals surface area (Å²) >= 11 is 3.38. The van der Waals surface area contributed by atoms with Gasteiger partial charge in [0.05, 0.1) is 0 Å². The molecule has 0 saturated carbocycles. The highest BCUT2D eigenvalue weighted by molar-refractivity contribution is 9.10. The van der Waals surface area contributed by atoms with Gasteiger partial charge in [-0.05, 0) is 30.2 Å². The monoisotopic (exact) mass is 228 g/mol. The van der Waals surface area contributed by atoms with Crippen molar-refractivity contribution < 1.29 is 4.39 Å². The zero-order valence-corrected chi connectivity index (χ0v) is 8.49. The fourth-order valence-electron chi connectivity index (χ4n) is 1.79. The molecule has 0 nitrogen and oxygen atoms in total. The zero-order chi connectivity index (χ0) is 8.77. The van der Waals surface area contributed by atoms with Crippen LogP contribution in [0.5, 0.6) is 0 Å². The van der Waals surface area contributed by atoms with E-state index < -0.39 is 5.67 Å². The molecule has 64 valence electrons. The van der Waals surface area contributed by atoms with E-state index in [1.165, 1.54) is 0 Å². The Hall–Kier alpha value is -0.370. The second-order valence-corrected chi connectivity index (χ2v) is 4.60. The molecule has 2 heteroatoms. The third-order valence-electron chi connectivity index (χ3n) is 2.29. The van der Waals surface area contributed by atoms with Crippen LogP contribution in [0.2, 0.25) is 0 Å². The van der Waals surface area contributed by atoms with Crippen LogP contribution in [0.15, 0.2) is 22.7 Å². The lowest BCUT2D eigenvalue weighted by molar-refractivity contribution is 0.205. The normalized spacial score (nSPS) is 27.2. The third kappa shape index (κ3) is 1.40. The fourth-order valence-corrected chi connectivity index (χ4v) is 2.20. The SMILES string of the molecule is CC1(F)Cc2ccc(Br)cc2C1. The molecule has 0 spiro atoms. The van der Waals surface area contributed by atoms with Crippen molar-refractivity contribution in [2.45, 2.75) is 25.4 Å². The smallest absolute Gasteiger partial charge is 0.116 e.